The summed E-state index contributed by atoms with van der Waals surface area (Å²) in [5.41, 5.74) is 2.48. The molecule has 0 saturated heterocycles. The van der Waals surface area contributed by atoms with Crippen LogP contribution in [-0.2, 0) is 6.54 Å². The fourth-order valence-corrected chi connectivity index (χ4v) is 2.43. The highest BCUT2D eigenvalue weighted by atomic mass is 15.2. The third kappa shape index (κ3) is 4.48. The number of hydrogen-bond donors (Lipinski definition) is 1. The number of aromatic nitrogens is 1. The molecule has 112 valence electrons. The zero-order valence-corrected chi connectivity index (χ0v) is 13.4. The predicted molar refractivity (Wildman–Crippen MR) is 86.1 cm³/mol. The molecule has 0 radical (unpaired) electrons. The Morgan fingerprint density at radius 2 is 2.10 bits per heavy atom. The number of anilines is 1. The molecule has 1 aromatic heterocycles. The van der Waals surface area contributed by atoms with Gasteiger partial charge < -0.3 is 10.2 Å². The van der Waals surface area contributed by atoms with Gasteiger partial charge in [-0.1, -0.05) is 19.9 Å². The molecule has 0 amide bonds. The quantitative estimate of drug-likeness (QED) is 0.788. The minimum atomic E-state index is 0.691. The molecule has 0 unspecified atom stereocenters. The van der Waals surface area contributed by atoms with Crippen molar-refractivity contribution in [3.05, 3.63) is 23.4 Å². The van der Waals surface area contributed by atoms with E-state index < -0.39 is 0 Å². The van der Waals surface area contributed by atoms with Gasteiger partial charge in [-0.25, -0.2) is 4.98 Å². The van der Waals surface area contributed by atoms with Gasteiger partial charge in [0.2, 0.25) is 0 Å². The van der Waals surface area contributed by atoms with E-state index >= 15 is 0 Å². The van der Waals surface area contributed by atoms with Gasteiger partial charge >= 0.3 is 0 Å². The van der Waals surface area contributed by atoms with Crippen molar-refractivity contribution in [2.75, 3.05) is 24.5 Å². The average molecular weight is 275 g/mol. The Kier molecular flexibility index (Phi) is 5.41. The number of rotatable bonds is 8. The van der Waals surface area contributed by atoms with Gasteiger partial charge in [0.1, 0.15) is 5.82 Å². The summed E-state index contributed by atoms with van der Waals surface area (Å²) in [6.45, 7) is 13.0. The Hall–Kier alpha value is -1.09. The Morgan fingerprint density at radius 3 is 2.65 bits per heavy atom. The number of hydrogen-bond acceptors (Lipinski definition) is 3. The standard InChI is InChI=1S/C17H29N3/c1-5-20(12-15-6-7-15)17-9-8-16(14(4)19-17)11-18-10-13(2)3/h8-9,13,15,18H,5-7,10-12H2,1-4H3. The van der Waals surface area contributed by atoms with Gasteiger partial charge in [-0.2, -0.15) is 0 Å². The zero-order chi connectivity index (χ0) is 14.5. The second-order valence-electron chi connectivity index (χ2n) is 6.42. The monoisotopic (exact) mass is 275 g/mol. The Labute approximate surface area is 123 Å². The maximum atomic E-state index is 4.81. The second-order valence-corrected chi connectivity index (χ2v) is 6.42. The largest absolute Gasteiger partial charge is 0.357 e. The maximum absolute atomic E-state index is 4.81. The number of nitrogens with zero attached hydrogens (tertiary/aromatic N) is 2. The van der Waals surface area contributed by atoms with Crippen LogP contribution in [0.5, 0.6) is 0 Å². The van der Waals surface area contributed by atoms with Crippen LogP contribution in [0.3, 0.4) is 0 Å². The van der Waals surface area contributed by atoms with Crippen molar-refractivity contribution in [3.63, 3.8) is 0 Å². The van der Waals surface area contributed by atoms with Crippen LogP contribution in [0.15, 0.2) is 12.1 Å². The molecule has 1 fully saturated rings. The lowest BCUT2D eigenvalue weighted by molar-refractivity contribution is 0.551. The van der Waals surface area contributed by atoms with Gasteiger partial charge in [-0.15, -0.1) is 0 Å². The SMILES string of the molecule is CCN(CC1CC1)c1ccc(CNCC(C)C)c(C)n1. The summed E-state index contributed by atoms with van der Waals surface area (Å²) < 4.78 is 0. The smallest absolute Gasteiger partial charge is 0.128 e. The molecule has 0 aliphatic heterocycles. The van der Waals surface area contributed by atoms with Crippen LogP contribution in [0.4, 0.5) is 5.82 Å². The molecular weight excluding hydrogens is 246 g/mol. The Balaban J connectivity index is 1.96. The Bertz CT molecular complexity index is 424. The highest BCUT2D eigenvalue weighted by molar-refractivity contribution is 5.41. The molecule has 2 rings (SSSR count). The molecule has 1 N–H and O–H groups in total. The van der Waals surface area contributed by atoms with E-state index in [1.165, 1.54) is 24.9 Å². The van der Waals surface area contributed by atoms with Crippen LogP contribution >= 0.6 is 0 Å². The highest BCUT2D eigenvalue weighted by Gasteiger charge is 2.24. The van der Waals surface area contributed by atoms with E-state index in [1.807, 2.05) is 0 Å². The van der Waals surface area contributed by atoms with Gasteiger partial charge in [0, 0.05) is 25.3 Å². The van der Waals surface area contributed by atoms with Gasteiger partial charge in [0.05, 0.1) is 0 Å². The van der Waals surface area contributed by atoms with E-state index in [4.69, 9.17) is 4.98 Å². The van der Waals surface area contributed by atoms with E-state index in [2.05, 4.69) is 50.0 Å². The van der Waals surface area contributed by atoms with Crippen molar-refractivity contribution in [3.8, 4) is 0 Å². The minimum Gasteiger partial charge on any atom is -0.357 e. The van der Waals surface area contributed by atoms with Gasteiger partial charge in [-0.3, -0.25) is 0 Å². The fourth-order valence-electron chi connectivity index (χ4n) is 2.43. The number of aryl methyl sites for hydroxylation is 1. The molecule has 3 nitrogen and oxygen atoms in total. The first kappa shape index (κ1) is 15.3. The lowest BCUT2D eigenvalue weighted by Crippen LogP contribution is -2.26. The summed E-state index contributed by atoms with van der Waals surface area (Å²) in [6, 6.07) is 4.42. The topological polar surface area (TPSA) is 28.2 Å². The van der Waals surface area contributed by atoms with Gasteiger partial charge in [0.25, 0.3) is 0 Å². The molecule has 0 atom stereocenters. The molecule has 0 aromatic carbocycles. The van der Waals surface area contributed by atoms with Crippen LogP contribution in [0, 0.1) is 18.8 Å². The molecule has 3 heteroatoms. The van der Waals surface area contributed by atoms with Crippen molar-refractivity contribution in [2.24, 2.45) is 11.8 Å². The lowest BCUT2D eigenvalue weighted by atomic mass is 10.1. The summed E-state index contributed by atoms with van der Waals surface area (Å²) in [5.74, 6) is 2.74. The maximum Gasteiger partial charge on any atom is 0.128 e. The van der Waals surface area contributed by atoms with Crippen LogP contribution in [0.1, 0.15) is 44.9 Å². The van der Waals surface area contributed by atoms with Crippen molar-refractivity contribution < 1.29 is 0 Å². The van der Waals surface area contributed by atoms with Crippen molar-refractivity contribution in [2.45, 2.75) is 47.1 Å². The lowest BCUT2D eigenvalue weighted by Gasteiger charge is -2.23. The normalized spacial score (nSPS) is 14.8. The van der Waals surface area contributed by atoms with Crippen LogP contribution < -0.4 is 10.2 Å². The first-order valence-corrected chi connectivity index (χ1v) is 8.02. The second kappa shape index (κ2) is 7.07. The summed E-state index contributed by atoms with van der Waals surface area (Å²) in [7, 11) is 0. The van der Waals surface area contributed by atoms with E-state index in [0.29, 0.717) is 5.92 Å². The summed E-state index contributed by atoms with van der Waals surface area (Å²) >= 11 is 0. The van der Waals surface area contributed by atoms with Gasteiger partial charge in [-0.05, 0) is 56.7 Å². The van der Waals surface area contributed by atoms with Crippen LogP contribution in [-0.4, -0.2) is 24.6 Å². The minimum absolute atomic E-state index is 0.691. The third-order valence-corrected chi connectivity index (χ3v) is 3.93. The Morgan fingerprint density at radius 1 is 1.35 bits per heavy atom. The van der Waals surface area contributed by atoms with Crippen molar-refractivity contribution in [1.82, 2.24) is 10.3 Å². The summed E-state index contributed by atoms with van der Waals surface area (Å²) in [5, 5.41) is 3.49. The fraction of sp³-hybridized carbons (Fsp3) is 0.706. The molecule has 1 heterocycles. The van der Waals surface area contributed by atoms with E-state index in [9.17, 15) is 0 Å². The van der Waals surface area contributed by atoms with Crippen LogP contribution in [0.25, 0.3) is 0 Å². The molecule has 1 aliphatic carbocycles. The first-order valence-electron chi connectivity index (χ1n) is 8.02. The molecular formula is C17H29N3. The van der Waals surface area contributed by atoms with Crippen molar-refractivity contribution in [1.29, 1.82) is 0 Å². The number of pyridine rings is 1. The molecule has 0 bridgehead atoms. The molecule has 1 saturated carbocycles. The highest BCUT2D eigenvalue weighted by Crippen LogP contribution is 2.31. The van der Waals surface area contributed by atoms with Gasteiger partial charge in [0.15, 0.2) is 0 Å². The summed E-state index contributed by atoms with van der Waals surface area (Å²) in [6.07, 6.45) is 2.79. The molecule has 1 aromatic rings. The number of nitrogens with one attached hydrogen (secondary N) is 1. The van der Waals surface area contributed by atoms with Crippen LogP contribution in [0.2, 0.25) is 0 Å². The average Bonchev–Trinajstić information content (AvgIpc) is 3.21. The third-order valence-electron chi connectivity index (χ3n) is 3.93. The summed E-state index contributed by atoms with van der Waals surface area (Å²) in [4.78, 5) is 7.22. The van der Waals surface area contributed by atoms with E-state index in [0.717, 1.165) is 37.1 Å². The van der Waals surface area contributed by atoms with E-state index in [-0.39, 0.29) is 0 Å². The predicted octanol–water partition coefficient (Wildman–Crippen LogP) is 3.37. The zero-order valence-electron chi connectivity index (χ0n) is 13.4. The molecule has 0 spiro atoms. The molecule has 20 heavy (non-hydrogen) atoms. The molecule has 1 aliphatic rings. The van der Waals surface area contributed by atoms with Crippen molar-refractivity contribution >= 4 is 5.82 Å². The van der Waals surface area contributed by atoms with E-state index in [1.54, 1.807) is 0 Å². The first-order chi connectivity index (χ1) is 9.60.